The molecule has 1 aliphatic rings. The Balaban J connectivity index is 2.16. The van der Waals surface area contributed by atoms with Crippen LogP contribution in [0.2, 0.25) is 5.02 Å². The lowest BCUT2D eigenvalue weighted by Crippen LogP contribution is -2.50. The Kier molecular flexibility index (Phi) is 9.87. The highest BCUT2D eigenvalue weighted by Gasteiger charge is 2.36. The van der Waals surface area contributed by atoms with Gasteiger partial charge in [0.2, 0.25) is 6.29 Å². The van der Waals surface area contributed by atoms with Gasteiger partial charge >= 0.3 is 16.3 Å². The van der Waals surface area contributed by atoms with Crippen molar-refractivity contribution in [1.82, 2.24) is 18.8 Å². The number of anilines is 1. The molecule has 0 radical (unpaired) electrons. The van der Waals surface area contributed by atoms with Gasteiger partial charge in [0.25, 0.3) is 0 Å². The molecule has 1 aromatic carbocycles. The number of carbonyl (C=O) groups is 1. The molecule has 0 aliphatic carbocycles. The molecule has 218 valence electrons. The maximum atomic E-state index is 14.2. The highest BCUT2D eigenvalue weighted by Crippen LogP contribution is 2.36. The van der Waals surface area contributed by atoms with Gasteiger partial charge in [-0.25, -0.2) is 9.18 Å². The Bertz CT molecular complexity index is 1280. The van der Waals surface area contributed by atoms with E-state index in [1.165, 1.54) is 46.5 Å². The Morgan fingerprint density at radius 1 is 1.28 bits per heavy atom. The zero-order valence-corrected chi connectivity index (χ0v) is 24.9. The molecule has 3 rings (SSSR count). The Labute approximate surface area is 234 Å². The van der Waals surface area contributed by atoms with Crippen LogP contribution in [0.3, 0.4) is 0 Å². The molecule has 1 aliphatic heterocycles. The fourth-order valence-corrected chi connectivity index (χ4v) is 5.50. The number of benzene rings is 1. The first kappa shape index (κ1) is 31.1. The van der Waals surface area contributed by atoms with E-state index in [0.29, 0.717) is 35.5 Å². The van der Waals surface area contributed by atoms with E-state index < -0.39 is 34.0 Å². The average molecular weight is 590 g/mol. The van der Waals surface area contributed by atoms with E-state index in [1.807, 2.05) is 4.90 Å². The minimum absolute atomic E-state index is 0.0497. The highest BCUT2D eigenvalue weighted by atomic mass is 35.5. The smallest absolute Gasteiger partial charge is 0.407 e. The number of amides is 1. The van der Waals surface area contributed by atoms with E-state index in [-0.39, 0.29) is 30.5 Å². The number of halogens is 2. The van der Waals surface area contributed by atoms with Gasteiger partial charge in [-0.1, -0.05) is 11.6 Å². The van der Waals surface area contributed by atoms with Gasteiger partial charge in [0.05, 0.1) is 0 Å². The first-order valence-electron chi connectivity index (χ1n) is 12.5. The first-order valence-corrected chi connectivity index (χ1v) is 14.2. The highest BCUT2D eigenvalue weighted by molar-refractivity contribution is 7.87. The van der Waals surface area contributed by atoms with E-state index in [2.05, 4.69) is 10.4 Å². The normalized spacial score (nSPS) is 16.7. The van der Waals surface area contributed by atoms with Gasteiger partial charge in [-0.2, -0.15) is 17.8 Å². The second-order valence-electron chi connectivity index (χ2n) is 10.5. The van der Waals surface area contributed by atoms with Gasteiger partial charge in [-0.15, -0.1) is 4.09 Å². The van der Waals surface area contributed by atoms with Gasteiger partial charge in [0.15, 0.2) is 0 Å². The quantitative estimate of drug-likeness (QED) is 0.440. The van der Waals surface area contributed by atoms with Crippen LogP contribution in [0.15, 0.2) is 18.2 Å². The Morgan fingerprint density at radius 2 is 1.95 bits per heavy atom. The van der Waals surface area contributed by atoms with Crippen molar-refractivity contribution < 1.29 is 31.8 Å². The topological polar surface area (TPSA) is 115 Å². The number of carbonyl (C=O) groups excluding carboxylic acids is 1. The summed E-state index contributed by atoms with van der Waals surface area (Å²) in [4.78, 5) is 14.3. The Hall–Kier alpha value is -2.45. The number of hydrogen-bond donors (Lipinski definition) is 1. The monoisotopic (exact) mass is 589 g/mol. The molecule has 0 bridgehead atoms. The molecule has 1 fully saturated rings. The van der Waals surface area contributed by atoms with Gasteiger partial charge in [-0.3, -0.25) is 0 Å². The first-order chi connectivity index (χ1) is 18.2. The largest absolute Gasteiger partial charge is 0.444 e. The number of hydrogen-bond acceptors (Lipinski definition) is 8. The predicted octanol–water partition coefficient (Wildman–Crippen LogP) is 3.71. The third kappa shape index (κ3) is 7.40. The second kappa shape index (κ2) is 12.4. The number of ether oxygens (including phenoxy) is 3. The maximum Gasteiger partial charge on any atom is 0.407 e. The summed E-state index contributed by atoms with van der Waals surface area (Å²) < 4.78 is 59.5. The number of alkyl carbamates (subject to hydrolysis) is 1. The van der Waals surface area contributed by atoms with Crippen molar-refractivity contribution in [3.8, 4) is 0 Å². The standard InChI is InChI=1S/C25H37ClFN5O6S/c1-25(2,3)38-24(33)28-18-9-8-12-31(15-18)22-19(14-16-13-17(27)10-11-20(16)26)21(23(36-6)37-7)29-32(22)39(34,35)30(4)5/h10-11,13,18,23H,8-9,12,14-15H2,1-7H3,(H,28,33)/t18-/m1/s1. The summed E-state index contributed by atoms with van der Waals surface area (Å²) in [5.74, 6) is -0.228. The molecule has 11 nitrogen and oxygen atoms in total. The van der Waals surface area contributed by atoms with Crippen LogP contribution in [0.1, 0.15) is 56.7 Å². The summed E-state index contributed by atoms with van der Waals surface area (Å²) in [7, 11) is 1.50. The molecule has 1 N–H and O–H groups in total. The number of nitrogens with zero attached hydrogens (tertiary/aromatic N) is 4. The van der Waals surface area contributed by atoms with E-state index in [0.717, 1.165) is 8.39 Å². The van der Waals surface area contributed by atoms with Crippen molar-refractivity contribution in [3.63, 3.8) is 0 Å². The molecular weight excluding hydrogens is 553 g/mol. The van der Waals surface area contributed by atoms with Crippen LogP contribution in [0.4, 0.5) is 15.0 Å². The molecule has 2 aromatic rings. The summed E-state index contributed by atoms with van der Waals surface area (Å²) in [6, 6.07) is 3.66. The second-order valence-corrected chi connectivity index (χ2v) is 12.8. The average Bonchev–Trinajstić information content (AvgIpc) is 3.21. The number of rotatable bonds is 9. The molecule has 2 heterocycles. The van der Waals surface area contributed by atoms with E-state index in [9.17, 15) is 17.6 Å². The van der Waals surface area contributed by atoms with Crippen molar-refractivity contribution in [1.29, 1.82) is 0 Å². The number of methoxy groups -OCH3 is 2. The maximum absolute atomic E-state index is 14.2. The van der Waals surface area contributed by atoms with Crippen LogP contribution in [0.5, 0.6) is 0 Å². The molecule has 1 amide bonds. The van der Waals surface area contributed by atoms with E-state index >= 15 is 0 Å². The molecule has 1 atom stereocenters. The van der Waals surface area contributed by atoms with Gasteiger partial charge in [-0.05, 0) is 57.4 Å². The summed E-state index contributed by atoms with van der Waals surface area (Å²) in [6.45, 7) is 6.09. The molecular formula is C25H37ClFN5O6S. The van der Waals surface area contributed by atoms with E-state index in [4.69, 9.17) is 25.8 Å². The zero-order valence-electron chi connectivity index (χ0n) is 23.3. The van der Waals surface area contributed by atoms with Crippen LogP contribution in [0.25, 0.3) is 0 Å². The third-order valence-electron chi connectivity index (χ3n) is 6.11. The third-order valence-corrected chi connectivity index (χ3v) is 8.09. The lowest BCUT2D eigenvalue weighted by atomic mass is 10.0. The Morgan fingerprint density at radius 3 is 2.54 bits per heavy atom. The molecule has 0 spiro atoms. The predicted molar refractivity (Wildman–Crippen MR) is 146 cm³/mol. The SMILES string of the molecule is COC(OC)c1nn(S(=O)(=O)N(C)C)c(N2CCC[C@@H](NC(=O)OC(C)(C)C)C2)c1Cc1cc(F)ccc1Cl. The van der Waals surface area contributed by atoms with Crippen LogP contribution >= 0.6 is 11.6 Å². The van der Waals surface area contributed by atoms with Crippen molar-refractivity contribution >= 4 is 33.7 Å². The van der Waals surface area contributed by atoms with Crippen molar-refractivity contribution in [2.45, 2.75) is 58.0 Å². The summed E-state index contributed by atoms with van der Waals surface area (Å²) in [5.41, 5.74) is 0.424. The molecule has 1 saturated heterocycles. The molecule has 0 unspecified atom stereocenters. The molecule has 39 heavy (non-hydrogen) atoms. The van der Waals surface area contributed by atoms with Gasteiger partial charge < -0.3 is 24.4 Å². The minimum atomic E-state index is -4.12. The minimum Gasteiger partial charge on any atom is -0.444 e. The number of piperidine rings is 1. The van der Waals surface area contributed by atoms with E-state index in [1.54, 1.807) is 20.8 Å². The molecule has 1 aromatic heterocycles. The van der Waals surface area contributed by atoms with Crippen LogP contribution < -0.4 is 10.2 Å². The lowest BCUT2D eigenvalue weighted by molar-refractivity contribution is -0.109. The molecule has 14 heteroatoms. The van der Waals surface area contributed by atoms with Crippen LogP contribution in [-0.2, 0) is 30.8 Å². The van der Waals surface area contributed by atoms with Gasteiger partial charge in [0.1, 0.15) is 22.9 Å². The fourth-order valence-electron chi connectivity index (χ4n) is 4.37. The van der Waals surface area contributed by atoms with Crippen LogP contribution in [-0.4, -0.2) is 81.0 Å². The lowest BCUT2D eigenvalue weighted by Gasteiger charge is -2.35. The van der Waals surface area contributed by atoms with Crippen molar-refractivity contribution in [2.24, 2.45) is 0 Å². The van der Waals surface area contributed by atoms with Crippen LogP contribution in [0, 0.1) is 5.82 Å². The van der Waals surface area contributed by atoms with Crippen molar-refractivity contribution in [2.75, 3.05) is 46.3 Å². The number of aromatic nitrogens is 2. The van der Waals surface area contributed by atoms with Crippen molar-refractivity contribution in [3.05, 3.63) is 45.9 Å². The summed E-state index contributed by atoms with van der Waals surface area (Å²) in [6.07, 6.45) is -0.198. The zero-order chi connectivity index (χ0) is 29.1. The number of nitrogens with one attached hydrogen (secondary N) is 1. The summed E-state index contributed by atoms with van der Waals surface area (Å²) in [5, 5.41) is 7.64. The fraction of sp³-hybridized carbons (Fsp3) is 0.600. The molecule has 0 saturated carbocycles. The summed E-state index contributed by atoms with van der Waals surface area (Å²) >= 11 is 6.41. The van der Waals surface area contributed by atoms with Gasteiger partial charge in [0, 0.05) is 64.5 Å².